The Morgan fingerprint density at radius 1 is 1.07 bits per heavy atom. The molecule has 0 amide bonds. The van der Waals surface area contributed by atoms with E-state index >= 15 is 0 Å². The summed E-state index contributed by atoms with van der Waals surface area (Å²) in [6.07, 6.45) is 3.26. The van der Waals surface area contributed by atoms with Gasteiger partial charge in [0.2, 0.25) is 0 Å². The maximum absolute atomic E-state index is 9.67. The van der Waals surface area contributed by atoms with Crippen molar-refractivity contribution in [2.24, 2.45) is 0 Å². The third-order valence-electron chi connectivity index (χ3n) is 0.589. The van der Waals surface area contributed by atoms with E-state index < -0.39 is 15.1 Å². The van der Waals surface area contributed by atoms with Crippen molar-refractivity contribution in [3.63, 3.8) is 0 Å². The van der Waals surface area contributed by atoms with Gasteiger partial charge in [-0.3, -0.25) is 25.9 Å². The van der Waals surface area contributed by atoms with Gasteiger partial charge in [-0.15, -0.1) is 0 Å². The monoisotopic (exact) mass is 224 g/mol. The van der Waals surface area contributed by atoms with Gasteiger partial charge in [0.25, 0.3) is 0 Å². The molecule has 0 saturated heterocycles. The van der Waals surface area contributed by atoms with Crippen molar-refractivity contribution in [3.05, 3.63) is 18.2 Å². The first-order chi connectivity index (χ1) is 6.36. The SMILES string of the molecule is Cc1cnc[n-]1.FB(F)F.FB(F)F.[Li+]. The van der Waals surface area contributed by atoms with Gasteiger partial charge >= 0.3 is 33.9 Å². The van der Waals surface area contributed by atoms with Gasteiger partial charge in [-0.25, -0.2) is 0 Å². The van der Waals surface area contributed by atoms with Crippen LogP contribution in [0.15, 0.2) is 12.5 Å². The summed E-state index contributed by atoms with van der Waals surface area (Å²) < 4.78 is 58.0. The van der Waals surface area contributed by atoms with E-state index in [4.69, 9.17) is 0 Å². The van der Waals surface area contributed by atoms with Crippen LogP contribution in [-0.2, 0) is 0 Å². The predicted molar refractivity (Wildman–Crippen MR) is 40.5 cm³/mol. The first kappa shape index (κ1) is 20.0. The van der Waals surface area contributed by atoms with Crippen LogP contribution in [-0.4, -0.2) is 20.1 Å². The molecule has 0 aromatic carbocycles. The van der Waals surface area contributed by atoms with Gasteiger partial charge in [-0.1, -0.05) is 18.2 Å². The van der Waals surface area contributed by atoms with E-state index in [1.165, 1.54) is 6.33 Å². The van der Waals surface area contributed by atoms with E-state index in [-0.39, 0.29) is 18.9 Å². The Morgan fingerprint density at radius 2 is 1.40 bits per heavy atom. The van der Waals surface area contributed by atoms with Gasteiger partial charge in [0.1, 0.15) is 0 Å². The smallest absolute Gasteiger partial charge is 0.450 e. The van der Waals surface area contributed by atoms with Gasteiger partial charge in [0.15, 0.2) is 0 Å². The second-order valence-electron chi connectivity index (χ2n) is 1.66. The van der Waals surface area contributed by atoms with Gasteiger partial charge in [0, 0.05) is 0 Å². The zero-order valence-corrected chi connectivity index (χ0v) is 7.97. The molecule has 1 aromatic rings. The average Bonchev–Trinajstić information content (AvgIpc) is 2.36. The number of aromatic nitrogens is 2. The maximum atomic E-state index is 9.67. The molecule has 1 rings (SSSR count). The Balaban J connectivity index is -0.000000145. The first-order valence-electron chi connectivity index (χ1n) is 3.10. The molecule has 0 spiro atoms. The molecule has 2 nitrogen and oxygen atoms in total. The van der Waals surface area contributed by atoms with Crippen LogP contribution in [0, 0.1) is 6.92 Å². The molecule has 80 valence electrons. The van der Waals surface area contributed by atoms with Crippen LogP contribution >= 0.6 is 0 Å². The van der Waals surface area contributed by atoms with Crippen LogP contribution in [0.25, 0.3) is 0 Å². The second kappa shape index (κ2) is 13.5. The molecule has 0 aliphatic rings. The number of hydrogen-bond donors (Lipinski definition) is 0. The van der Waals surface area contributed by atoms with Crippen LogP contribution in [0.4, 0.5) is 25.9 Å². The molecule has 1 aromatic heterocycles. The number of hydrogen-bond acceptors (Lipinski definition) is 1. The summed E-state index contributed by atoms with van der Waals surface area (Å²) in [5, 5.41) is 0. The third kappa shape index (κ3) is 42.2. The third-order valence-corrected chi connectivity index (χ3v) is 0.589. The first-order valence-corrected chi connectivity index (χ1v) is 3.10. The number of aryl methyl sites for hydroxylation is 1. The Hall–Kier alpha value is -0.483. The number of imidazole rings is 1. The molecule has 11 heteroatoms. The Bertz CT molecular complexity index is 188. The predicted octanol–water partition coefficient (Wildman–Crippen LogP) is -0.889. The van der Waals surface area contributed by atoms with Crippen LogP contribution in [0.3, 0.4) is 0 Å². The average molecular weight is 224 g/mol. The minimum absolute atomic E-state index is 0. The van der Waals surface area contributed by atoms with Crippen molar-refractivity contribution in [1.29, 1.82) is 0 Å². The minimum Gasteiger partial charge on any atom is -0.450 e. The summed E-state index contributed by atoms with van der Waals surface area (Å²) in [5.74, 6) is 0. The molecular formula is C4H5B2F6LiN2. The van der Waals surface area contributed by atoms with Gasteiger partial charge in [-0.05, 0) is 6.92 Å². The standard InChI is InChI=1S/C4H5N2.2BF3.Li/c1-4-2-5-3-6-4;2*2-1(3)4;/h2-3H,1H3;;;/q-1;;;+1. The van der Waals surface area contributed by atoms with E-state index in [1.54, 1.807) is 6.20 Å². The summed E-state index contributed by atoms with van der Waals surface area (Å²) in [6.45, 7) is 1.91. The molecule has 0 aliphatic carbocycles. The van der Waals surface area contributed by atoms with Crippen LogP contribution in [0.2, 0.25) is 0 Å². The molecule has 0 N–H and O–H groups in total. The number of rotatable bonds is 0. The molecule has 1 heterocycles. The largest absolute Gasteiger partial charge is 1.00 e. The number of halogens is 6. The molecule has 0 saturated carbocycles. The van der Waals surface area contributed by atoms with E-state index in [1.807, 2.05) is 6.92 Å². The molecule has 0 unspecified atom stereocenters. The van der Waals surface area contributed by atoms with Crippen molar-refractivity contribution in [2.45, 2.75) is 6.92 Å². The summed E-state index contributed by atoms with van der Waals surface area (Å²) in [7, 11) is -7.33. The Kier molecular flexibility index (Phi) is 18.0. The zero-order valence-electron chi connectivity index (χ0n) is 7.97. The Labute approximate surface area is 95.5 Å². The van der Waals surface area contributed by atoms with Crippen molar-refractivity contribution < 1.29 is 44.8 Å². The van der Waals surface area contributed by atoms with Crippen molar-refractivity contribution in [2.75, 3.05) is 0 Å². The Morgan fingerprint density at radius 3 is 1.47 bits per heavy atom. The fourth-order valence-electron chi connectivity index (χ4n) is 0.299. The molecule has 0 aliphatic heterocycles. The molecular weight excluding hydrogens is 219 g/mol. The molecule has 15 heavy (non-hydrogen) atoms. The van der Waals surface area contributed by atoms with E-state index in [2.05, 4.69) is 9.97 Å². The topological polar surface area (TPSA) is 27.0 Å². The van der Waals surface area contributed by atoms with E-state index in [9.17, 15) is 25.9 Å². The van der Waals surface area contributed by atoms with Gasteiger partial charge < -0.3 is 9.97 Å². The fourth-order valence-corrected chi connectivity index (χ4v) is 0.299. The molecule has 0 atom stereocenters. The van der Waals surface area contributed by atoms with Gasteiger partial charge in [-0.2, -0.15) is 0 Å². The second-order valence-corrected chi connectivity index (χ2v) is 1.66. The summed E-state index contributed by atoms with van der Waals surface area (Å²) in [6, 6.07) is 0. The minimum atomic E-state index is -3.67. The van der Waals surface area contributed by atoms with Crippen molar-refractivity contribution >= 4 is 15.1 Å². The molecule has 0 fully saturated rings. The molecule has 0 bridgehead atoms. The fraction of sp³-hybridized carbons (Fsp3) is 0.250. The van der Waals surface area contributed by atoms with Crippen LogP contribution < -0.4 is 23.8 Å². The summed E-state index contributed by atoms with van der Waals surface area (Å²) in [5.41, 5.74) is 0.981. The molecule has 0 radical (unpaired) electrons. The summed E-state index contributed by atoms with van der Waals surface area (Å²) in [4.78, 5) is 7.52. The van der Waals surface area contributed by atoms with Crippen molar-refractivity contribution in [1.82, 2.24) is 9.97 Å². The van der Waals surface area contributed by atoms with E-state index in [0.717, 1.165) is 5.69 Å². The van der Waals surface area contributed by atoms with Crippen LogP contribution in [0.1, 0.15) is 5.69 Å². The van der Waals surface area contributed by atoms with Crippen molar-refractivity contribution in [3.8, 4) is 0 Å². The van der Waals surface area contributed by atoms with E-state index in [0.29, 0.717) is 0 Å². The maximum Gasteiger partial charge on any atom is 1.00 e. The normalized spacial score (nSPS) is 7.13. The quantitative estimate of drug-likeness (QED) is 0.422. The zero-order chi connectivity index (χ0) is 11.6. The summed E-state index contributed by atoms with van der Waals surface area (Å²) >= 11 is 0. The van der Waals surface area contributed by atoms with Gasteiger partial charge in [0.05, 0.1) is 0 Å². The van der Waals surface area contributed by atoms with Crippen LogP contribution in [0.5, 0.6) is 0 Å². The number of nitrogens with zero attached hydrogens (tertiary/aromatic N) is 2.